The first kappa shape index (κ1) is 25.0. The molecule has 0 unspecified atom stereocenters. The van der Waals surface area contributed by atoms with Crippen LogP contribution < -0.4 is 21.3 Å². The van der Waals surface area contributed by atoms with Crippen LogP contribution in [0, 0.1) is 12.8 Å². The molecule has 0 heterocycles. The third-order valence-corrected chi connectivity index (χ3v) is 6.84. The molecule has 1 fully saturated rings. The van der Waals surface area contributed by atoms with E-state index in [2.05, 4.69) is 21.3 Å². The fourth-order valence-corrected chi connectivity index (χ4v) is 4.82. The average Bonchev–Trinajstić information content (AvgIpc) is 2.85. The monoisotopic (exact) mass is 506 g/mol. The van der Waals surface area contributed by atoms with Gasteiger partial charge in [-0.25, -0.2) is 0 Å². The maximum Gasteiger partial charge on any atom is 0.255 e. The Bertz CT molecular complexity index is 1180. The Balaban J connectivity index is 1.27. The molecule has 0 bridgehead atoms. The van der Waals surface area contributed by atoms with Gasteiger partial charge in [-0.1, -0.05) is 49.1 Å². The number of benzene rings is 3. The van der Waals surface area contributed by atoms with E-state index in [4.69, 9.17) is 23.8 Å². The van der Waals surface area contributed by atoms with E-state index in [0.717, 1.165) is 35.1 Å². The van der Waals surface area contributed by atoms with E-state index in [9.17, 15) is 4.79 Å². The smallest absolute Gasteiger partial charge is 0.255 e. The molecule has 182 valence electrons. The van der Waals surface area contributed by atoms with E-state index >= 15 is 0 Å². The number of hydrogen-bond donors (Lipinski definition) is 4. The van der Waals surface area contributed by atoms with Crippen molar-refractivity contribution < 1.29 is 4.79 Å². The highest BCUT2D eigenvalue weighted by molar-refractivity contribution is 7.80. The Morgan fingerprint density at radius 1 is 0.886 bits per heavy atom. The average molecular weight is 507 g/mol. The van der Waals surface area contributed by atoms with Crippen molar-refractivity contribution in [3.05, 3.63) is 82.9 Å². The van der Waals surface area contributed by atoms with Crippen molar-refractivity contribution in [2.75, 3.05) is 27.8 Å². The third kappa shape index (κ3) is 7.20. The van der Waals surface area contributed by atoms with Crippen LogP contribution in [0.4, 0.5) is 22.7 Å². The Hall–Kier alpha value is -3.09. The molecule has 1 aliphatic carbocycles. The van der Waals surface area contributed by atoms with E-state index in [1.807, 2.05) is 73.7 Å². The molecule has 0 aromatic heterocycles. The summed E-state index contributed by atoms with van der Waals surface area (Å²) in [6.07, 6.45) is 6.62. The Kier molecular flexibility index (Phi) is 8.61. The minimum absolute atomic E-state index is 0.130. The van der Waals surface area contributed by atoms with Crippen molar-refractivity contribution in [2.24, 2.45) is 5.92 Å². The molecule has 1 aliphatic rings. The largest absolute Gasteiger partial charge is 0.384 e. The molecule has 7 heteroatoms. The van der Waals surface area contributed by atoms with Crippen LogP contribution in [0.5, 0.6) is 0 Å². The predicted molar refractivity (Wildman–Crippen MR) is 152 cm³/mol. The number of carbonyl (C=O) groups is 1. The van der Waals surface area contributed by atoms with E-state index in [0.29, 0.717) is 21.4 Å². The van der Waals surface area contributed by atoms with Gasteiger partial charge < -0.3 is 21.3 Å². The van der Waals surface area contributed by atoms with Crippen molar-refractivity contribution in [3.63, 3.8) is 0 Å². The normalized spacial score (nSPS) is 13.7. The summed E-state index contributed by atoms with van der Waals surface area (Å²) in [6.45, 7) is 2.89. The molecule has 0 atom stereocenters. The molecule has 4 N–H and O–H groups in total. The summed E-state index contributed by atoms with van der Waals surface area (Å²) >= 11 is 12.0. The van der Waals surface area contributed by atoms with Crippen molar-refractivity contribution in [2.45, 2.75) is 39.0 Å². The number of carbonyl (C=O) groups excluding carboxylic acids is 1. The highest BCUT2D eigenvalue weighted by atomic mass is 35.5. The molecule has 3 aromatic carbocycles. The number of aryl methyl sites for hydroxylation is 1. The van der Waals surface area contributed by atoms with Gasteiger partial charge in [-0.3, -0.25) is 4.79 Å². The predicted octanol–water partition coefficient (Wildman–Crippen LogP) is 7.70. The first-order valence-electron chi connectivity index (χ1n) is 12.1. The molecule has 0 saturated heterocycles. The standard InChI is InChI=1S/C28H31ClN4OS/c1-19-7-5-6-10-24(19)27(34)31-21-11-13-22(14-12-21)32-28(35)33-23-15-16-26(25(29)17-23)30-18-20-8-3-2-4-9-20/h5-7,10-17,20,30H,2-4,8-9,18H2,1H3,(H,31,34)(H2,32,33,35). The van der Waals surface area contributed by atoms with Crippen LogP contribution in [0.1, 0.15) is 48.0 Å². The van der Waals surface area contributed by atoms with Gasteiger partial charge in [0.05, 0.1) is 10.7 Å². The van der Waals surface area contributed by atoms with Crippen LogP contribution in [0.25, 0.3) is 0 Å². The summed E-state index contributed by atoms with van der Waals surface area (Å²) in [4.78, 5) is 12.5. The Labute approximate surface area is 217 Å². The molecule has 4 rings (SSSR count). The number of halogens is 1. The van der Waals surface area contributed by atoms with Crippen LogP contribution in [-0.2, 0) is 0 Å². The van der Waals surface area contributed by atoms with Crippen LogP contribution in [0.3, 0.4) is 0 Å². The molecule has 5 nitrogen and oxygen atoms in total. The van der Waals surface area contributed by atoms with Crippen molar-refractivity contribution >= 4 is 57.6 Å². The van der Waals surface area contributed by atoms with E-state index < -0.39 is 0 Å². The molecule has 0 radical (unpaired) electrons. The molecule has 35 heavy (non-hydrogen) atoms. The number of amides is 1. The van der Waals surface area contributed by atoms with E-state index in [-0.39, 0.29) is 5.91 Å². The molecule has 1 saturated carbocycles. The van der Waals surface area contributed by atoms with Crippen LogP contribution in [-0.4, -0.2) is 17.6 Å². The lowest BCUT2D eigenvalue weighted by Gasteiger charge is -2.22. The van der Waals surface area contributed by atoms with Crippen molar-refractivity contribution in [1.29, 1.82) is 0 Å². The SMILES string of the molecule is Cc1ccccc1C(=O)Nc1ccc(NC(=S)Nc2ccc(NCC3CCCCC3)c(Cl)c2)cc1. The number of nitrogens with one attached hydrogen (secondary N) is 4. The summed E-state index contributed by atoms with van der Waals surface area (Å²) < 4.78 is 0. The topological polar surface area (TPSA) is 65.2 Å². The zero-order chi connectivity index (χ0) is 24.6. The molecule has 0 aliphatic heterocycles. The lowest BCUT2D eigenvalue weighted by Crippen LogP contribution is -2.19. The third-order valence-electron chi connectivity index (χ3n) is 6.32. The lowest BCUT2D eigenvalue weighted by atomic mass is 9.89. The summed E-state index contributed by atoms with van der Waals surface area (Å²) in [5.74, 6) is 0.603. The fourth-order valence-electron chi connectivity index (χ4n) is 4.34. The second kappa shape index (κ2) is 12.0. The molecule has 1 amide bonds. The first-order valence-corrected chi connectivity index (χ1v) is 12.8. The summed E-state index contributed by atoms with van der Waals surface area (Å²) in [5.41, 5.74) is 4.89. The number of thiocarbonyl (C=S) groups is 1. The van der Waals surface area contributed by atoms with Gasteiger partial charge in [-0.2, -0.15) is 0 Å². The van der Waals surface area contributed by atoms with Crippen LogP contribution in [0.2, 0.25) is 5.02 Å². The van der Waals surface area contributed by atoms with Crippen LogP contribution >= 0.6 is 23.8 Å². The highest BCUT2D eigenvalue weighted by Crippen LogP contribution is 2.28. The summed E-state index contributed by atoms with van der Waals surface area (Å²) in [6, 6.07) is 20.8. The van der Waals surface area contributed by atoms with Crippen LogP contribution in [0.15, 0.2) is 66.7 Å². The zero-order valence-electron chi connectivity index (χ0n) is 19.9. The highest BCUT2D eigenvalue weighted by Gasteiger charge is 2.14. The zero-order valence-corrected chi connectivity index (χ0v) is 21.4. The maximum atomic E-state index is 12.5. The molecule has 3 aromatic rings. The van der Waals surface area contributed by atoms with Gasteiger partial charge in [-0.05, 0) is 92.0 Å². The van der Waals surface area contributed by atoms with Gasteiger partial charge >= 0.3 is 0 Å². The Morgan fingerprint density at radius 3 is 2.20 bits per heavy atom. The first-order chi connectivity index (χ1) is 17.0. The van der Waals surface area contributed by atoms with Gasteiger partial charge in [0.1, 0.15) is 0 Å². The molecular formula is C28H31ClN4OS. The van der Waals surface area contributed by atoms with Gasteiger partial charge in [-0.15, -0.1) is 0 Å². The maximum absolute atomic E-state index is 12.5. The summed E-state index contributed by atoms with van der Waals surface area (Å²) in [7, 11) is 0. The summed E-state index contributed by atoms with van der Waals surface area (Å²) in [5, 5.41) is 13.9. The minimum atomic E-state index is -0.130. The van der Waals surface area contributed by atoms with Gasteiger partial charge in [0.25, 0.3) is 5.91 Å². The van der Waals surface area contributed by atoms with E-state index in [1.165, 1.54) is 32.1 Å². The number of hydrogen-bond acceptors (Lipinski definition) is 3. The van der Waals surface area contributed by atoms with Gasteiger partial charge in [0, 0.05) is 29.2 Å². The van der Waals surface area contributed by atoms with Gasteiger partial charge in [0.15, 0.2) is 5.11 Å². The molecule has 0 spiro atoms. The Morgan fingerprint density at radius 2 is 1.51 bits per heavy atom. The molecular weight excluding hydrogens is 476 g/mol. The van der Waals surface area contributed by atoms with Gasteiger partial charge in [0.2, 0.25) is 0 Å². The second-order valence-electron chi connectivity index (χ2n) is 9.01. The van der Waals surface area contributed by atoms with E-state index in [1.54, 1.807) is 0 Å². The quantitative estimate of drug-likeness (QED) is 0.247. The van der Waals surface area contributed by atoms with Crippen molar-refractivity contribution in [1.82, 2.24) is 0 Å². The fraction of sp³-hybridized carbons (Fsp3) is 0.286. The second-order valence-corrected chi connectivity index (χ2v) is 9.82. The van der Waals surface area contributed by atoms with Crippen molar-refractivity contribution in [3.8, 4) is 0 Å². The lowest BCUT2D eigenvalue weighted by molar-refractivity contribution is 0.102. The number of rotatable bonds is 7. The minimum Gasteiger partial charge on any atom is -0.384 e. The number of anilines is 4.